The minimum Gasteiger partial charge on any atom is -0.497 e. The Balaban J connectivity index is 1.57. The van der Waals surface area contributed by atoms with Crippen molar-refractivity contribution in [2.75, 3.05) is 13.7 Å². The zero-order valence-corrected chi connectivity index (χ0v) is 17.1. The Morgan fingerprint density at radius 1 is 0.966 bits per heavy atom. The van der Waals surface area contributed by atoms with Crippen molar-refractivity contribution in [1.82, 2.24) is 5.32 Å². The van der Waals surface area contributed by atoms with Gasteiger partial charge in [-0.05, 0) is 49.1 Å². The zero-order valence-electron chi connectivity index (χ0n) is 17.1. The molecule has 0 aliphatic carbocycles. The van der Waals surface area contributed by atoms with Crippen LogP contribution in [0.5, 0.6) is 17.2 Å². The molecule has 0 heterocycles. The number of hydrogen-bond donors (Lipinski definition) is 1. The summed E-state index contributed by atoms with van der Waals surface area (Å²) in [6, 6.07) is 21.0. The lowest BCUT2D eigenvalue weighted by Crippen LogP contribution is -2.44. The first-order valence-corrected chi connectivity index (χ1v) is 9.82. The van der Waals surface area contributed by atoms with Crippen LogP contribution in [0.1, 0.15) is 20.3 Å². The third-order valence-electron chi connectivity index (χ3n) is 4.63. The summed E-state index contributed by atoms with van der Waals surface area (Å²) in [6.07, 6.45) is 0.00503. The molecular weight excluding hydrogens is 366 g/mol. The van der Waals surface area contributed by atoms with Gasteiger partial charge >= 0.3 is 0 Å². The van der Waals surface area contributed by atoms with Crippen LogP contribution in [0.15, 0.2) is 66.7 Å². The van der Waals surface area contributed by atoms with Gasteiger partial charge < -0.3 is 19.5 Å². The molecule has 0 saturated heterocycles. The quantitative estimate of drug-likeness (QED) is 0.578. The van der Waals surface area contributed by atoms with Gasteiger partial charge in [-0.2, -0.15) is 0 Å². The van der Waals surface area contributed by atoms with E-state index >= 15 is 0 Å². The second kappa shape index (κ2) is 9.82. The highest BCUT2D eigenvalue weighted by Gasteiger charge is 2.21. The van der Waals surface area contributed by atoms with Crippen molar-refractivity contribution in [3.8, 4) is 17.2 Å². The standard InChI is InChI=1S/C24H27NO4/c1-4-22(29-23-11-7-9-18-8-5-6-10-21(18)23)24(26)25-17(2)16-28-20-14-12-19(27-3)13-15-20/h5-15,17,22H,4,16H2,1-3H3,(H,25,26)/t17-,22+/m1/s1. The molecule has 1 N–H and O–H groups in total. The summed E-state index contributed by atoms with van der Waals surface area (Å²) < 4.78 is 16.9. The average molecular weight is 393 g/mol. The Kier molecular flexibility index (Phi) is 6.95. The molecular formula is C24H27NO4. The highest BCUT2D eigenvalue weighted by molar-refractivity contribution is 5.89. The first kappa shape index (κ1) is 20.5. The summed E-state index contributed by atoms with van der Waals surface area (Å²) in [6.45, 7) is 4.21. The summed E-state index contributed by atoms with van der Waals surface area (Å²) >= 11 is 0. The van der Waals surface area contributed by atoms with Crippen molar-refractivity contribution >= 4 is 16.7 Å². The number of ether oxygens (including phenoxy) is 3. The molecule has 0 aromatic heterocycles. The molecule has 3 rings (SSSR count). The maximum atomic E-state index is 12.7. The summed E-state index contributed by atoms with van der Waals surface area (Å²) in [5.74, 6) is 2.07. The monoisotopic (exact) mass is 393 g/mol. The van der Waals surface area contributed by atoms with Gasteiger partial charge in [0.05, 0.1) is 13.2 Å². The minimum absolute atomic E-state index is 0.147. The lowest BCUT2D eigenvalue weighted by Gasteiger charge is -2.21. The lowest BCUT2D eigenvalue weighted by molar-refractivity contribution is -0.128. The maximum absolute atomic E-state index is 12.7. The second-order valence-corrected chi connectivity index (χ2v) is 6.89. The number of nitrogens with one attached hydrogen (secondary N) is 1. The van der Waals surface area contributed by atoms with Gasteiger partial charge in [0.15, 0.2) is 6.10 Å². The Morgan fingerprint density at radius 2 is 1.66 bits per heavy atom. The number of rotatable bonds is 9. The van der Waals surface area contributed by atoms with Gasteiger partial charge in [0, 0.05) is 5.39 Å². The summed E-state index contributed by atoms with van der Waals surface area (Å²) in [7, 11) is 1.62. The van der Waals surface area contributed by atoms with Crippen molar-refractivity contribution in [1.29, 1.82) is 0 Å². The first-order valence-electron chi connectivity index (χ1n) is 9.82. The molecule has 0 aliphatic rings. The molecule has 5 nitrogen and oxygen atoms in total. The number of carbonyl (C=O) groups excluding carboxylic acids is 1. The average Bonchev–Trinajstić information content (AvgIpc) is 2.76. The van der Waals surface area contributed by atoms with Crippen molar-refractivity contribution in [3.05, 3.63) is 66.7 Å². The van der Waals surface area contributed by atoms with Gasteiger partial charge in [-0.1, -0.05) is 43.3 Å². The first-order chi connectivity index (χ1) is 14.1. The van der Waals surface area contributed by atoms with Crippen molar-refractivity contribution in [2.24, 2.45) is 0 Å². The van der Waals surface area contributed by atoms with Crippen molar-refractivity contribution in [2.45, 2.75) is 32.4 Å². The van der Waals surface area contributed by atoms with E-state index in [-0.39, 0.29) is 11.9 Å². The van der Waals surface area contributed by atoms with E-state index in [1.165, 1.54) is 0 Å². The summed E-state index contributed by atoms with van der Waals surface area (Å²) in [5.41, 5.74) is 0. The molecule has 0 bridgehead atoms. The molecule has 3 aromatic rings. The van der Waals surface area contributed by atoms with Gasteiger partial charge in [-0.25, -0.2) is 0 Å². The minimum atomic E-state index is -0.566. The number of amides is 1. The fraction of sp³-hybridized carbons (Fsp3) is 0.292. The van der Waals surface area contributed by atoms with Crippen LogP contribution in [0.3, 0.4) is 0 Å². The van der Waals surface area contributed by atoms with Crippen LogP contribution in [-0.2, 0) is 4.79 Å². The van der Waals surface area contributed by atoms with E-state index in [1.807, 2.05) is 80.6 Å². The molecule has 152 valence electrons. The lowest BCUT2D eigenvalue weighted by atomic mass is 10.1. The molecule has 2 atom stereocenters. The third kappa shape index (κ3) is 5.41. The molecule has 0 unspecified atom stereocenters. The van der Waals surface area contributed by atoms with E-state index in [4.69, 9.17) is 14.2 Å². The van der Waals surface area contributed by atoms with Gasteiger partial charge in [0.1, 0.15) is 23.9 Å². The molecule has 29 heavy (non-hydrogen) atoms. The Labute approximate surface area is 171 Å². The van der Waals surface area contributed by atoms with Crippen LogP contribution in [0.25, 0.3) is 10.8 Å². The van der Waals surface area contributed by atoms with E-state index in [0.717, 1.165) is 22.3 Å². The number of methoxy groups -OCH3 is 1. The molecule has 0 fully saturated rings. The summed E-state index contributed by atoms with van der Waals surface area (Å²) in [4.78, 5) is 12.7. The van der Waals surface area contributed by atoms with Crippen LogP contribution < -0.4 is 19.5 Å². The SMILES string of the molecule is CC[C@H](Oc1cccc2ccccc12)C(=O)N[C@H](C)COc1ccc(OC)cc1. The zero-order chi connectivity index (χ0) is 20.6. The predicted octanol–water partition coefficient (Wildman–Crippen LogP) is 4.59. The molecule has 0 spiro atoms. The van der Waals surface area contributed by atoms with E-state index in [0.29, 0.717) is 18.8 Å². The third-order valence-corrected chi connectivity index (χ3v) is 4.63. The highest BCUT2D eigenvalue weighted by Crippen LogP contribution is 2.26. The van der Waals surface area contributed by atoms with Crippen LogP contribution in [0, 0.1) is 0 Å². The molecule has 0 saturated carbocycles. The van der Waals surface area contributed by atoms with E-state index in [1.54, 1.807) is 7.11 Å². The van der Waals surface area contributed by atoms with Gasteiger partial charge in [0.2, 0.25) is 0 Å². The Bertz CT molecular complexity index is 934. The van der Waals surface area contributed by atoms with Crippen LogP contribution in [0.2, 0.25) is 0 Å². The summed E-state index contributed by atoms with van der Waals surface area (Å²) in [5, 5.41) is 5.06. The second-order valence-electron chi connectivity index (χ2n) is 6.89. The molecule has 0 radical (unpaired) electrons. The van der Waals surface area contributed by atoms with Crippen molar-refractivity contribution < 1.29 is 19.0 Å². The predicted molar refractivity (Wildman–Crippen MR) is 115 cm³/mol. The molecule has 1 amide bonds. The largest absolute Gasteiger partial charge is 0.497 e. The highest BCUT2D eigenvalue weighted by atomic mass is 16.5. The molecule has 5 heteroatoms. The topological polar surface area (TPSA) is 56.8 Å². The number of fused-ring (bicyclic) bond motifs is 1. The van der Waals surface area contributed by atoms with Crippen molar-refractivity contribution in [3.63, 3.8) is 0 Å². The Morgan fingerprint density at radius 3 is 2.38 bits per heavy atom. The number of hydrogen-bond acceptors (Lipinski definition) is 4. The molecule has 3 aromatic carbocycles. The normalized spacial score (nSPS) is 12.8. The molecule has 0 aliphatic heterocycles. The number of benzene rings is 3. The fourth-order valence-corrected chi connectivity index (χ4v) is 3.04. The smallest absolute Gasteiger partial charge is 0.261 e. The maximum Gasteiger partial charge on any atom is 0.261 e. The number of carbonyl (C=O) groups is 1. The fourth-order valence-electron chi connectivity index (χ4n) is 3.04. The van der Waals surface area contributed by atoms with Gasteiger partial charge in [-0.15, -0.1) is 0 Å². The van der Waals surface area contributed by atoms with E-state index in [9.17, 15) is 4.79 Å². The van der Waals surface area contributed by atoms with Gasteiger partial charge in [-0.3, -0.25) is 4.79 Å². The Hall–Kier alpha value is -3.21. The van der Waals surface area contributed by atoms with Crippen LogP contribution in [0.4, 0.5) is 0 Å². The van der Waals surface area contributed by atoms with E-state index < -0.39 is 6.10 Å². The van der Waals surface area contributed by atoms with E-state index in [2.05, 4.69) is 5.32 Å². The van der Waals surface area contributed by atoms with Gasteiger partial charge in [0.25, 0.3) is 5.91 Å². The van der Waals surface area contributed by atoms with Crippen LogP contribution in [-0.4, -0.2) is 31.8 Å². The van der Waals surface area contributed by atoms with Crippen LogP contribution >= 0.6 is 0 Å².